The van der Waals surface area contributed by atoms with Crippen LogP contribution in [0.3, 0.4) is 0 Å². The van der Waals surface area contributed by atoms with Gasteiger partial charge >= 0.3 is 6.09 Å². The third-order valence-electron chi connectivity index (χ3n) is 3.14. The van der Waals surface area contributed by atoms with Crippen LogP contribution < -0.4 is 5.32 Å². The molecule has 5 nitrogen and oxygen atoms in total. The topological polar surface area (TPSA) is 64.6 Å². The Kier molecular flexibility index (Phi) is 2.89. The molecular weight excluding hydrogens is 222 g/mol. The molecule has 2 aliphatic rings. The second-order valence-electron chi connectivity index (χ2n) is 5.72. The number of nitrogens with one attached hydrogen (secondary N) is 1. The second-order valence-corrected chi connectivity index (χ2v) is 5.72. The van der Waals surface area contributed by atoms with Gasteiger partial charge < -0.3 is 14.8 Å². The van der Waals surface area contributed by atoms with Gasteiger partial charge in [0.1, 0.15) is 17.2 Å². The van der Waals surface area contributed by atoms with E-state index in [1.165, 1.54) is 0 Å². The van der Waals surface area contributed by atoms with Crippen molar-refractivity contribution in [2.45, 2.75) is 57.3 Å². The molecule has 1 atom stereocenters. The Hall–Kier alpha value is -1.10. The Morgan fingerprint density at radius 3 is 2.53 bits per heavy atom. The van der Waals surface area contributed by atoms with E-state index in [0.29, 0.717) is 0 Å². The highest BCUT2D eigenvalue weighted by atomic mass is 16.6. The molecule has 0 radical (unpaired) electrons. The van der Waals surface area contributed by atoms with Crippen LogP contribution in [0.4, 0.5) is 4.79 Å². The van der Waals surface area contributed by atoms with Crippen LogP contribution >= 0.6 is 0 Å². The van der Waals surface area contributed by atoms with Gasteiger partial charge in [-0.25, -0.2) is 4.79 Å². The molecule has 2 rings (SSSR count). The van der Waals surface area contributed by atoms with Gasteiger partial charge in [-0.3, -0.25) is 4.79 Å². The van der Waals surface area contributed by atoms with E-state index in [2.05, 4.69) is 5.32 Å². The van der Waals surface area contributed by atoms with Gasteiger partial charge in [0.05, 0.1) is 6.61 Å². The van der Waals surface area contributed by atoms with Crippen molar-refractivity contribution in [3.05, 3.63) is 0 Å². The monoisotopic (exact) mass is 241 g/mol. The standard InChI is InChI=1S/C12H19NO4/c1-11(2,3)17-10(15)13-8-7-16-12(9(8)14)5-4-6-12/h8H,4-7H2,1-3H3,(H,13,15). The maximum absolute atomic E-state index is 12.0. The van der Waals surface area contributed by atoms with Gasteiger partial charge in [-0.2, -0.15) is 0 Å². The molecule has 1 saturated heterocycles. The minimum atomic E-state index is -0.598. The summed E-state index contributed by atoms with van der Waals surface area (Å²) in [7, 11) is 0. The predicted octanol–water partition coefficient (Wildman–Crippen LogP) is 1.40. The average Bonchev–Trinajstić information content (AvgIpc) is 2.40. The van der Waals surface area contributed by atoms with Crippen LogP contribution in [0.25, 0.3) is 0 Å². The lowest BCUT2D eigenvalue weighted by Gasteiger charge is -2.35. The summed E-state index contributed by atoms with van der Waals surface area (Å²) in [6.07, 6.45) is 2.01. The Labute approximate surface area is 101 Å². The van der Waals surface area contributed by atoms with Crippen molar-refractivity contribution in [3.63, 3.8) is 0 Å². The molecule has 5 heteroatoms. The number of Topliss-reactive ketones (excluding diaryl/α,β-unsaturated/α-hetero) is 1. The Morgan fingerprint density at radius 1 is 1.47 bits per heavy atom. The van der Waals surface area contributed by atoms with Crippen molar-refractivity contribution < 1.29 is 19.1 Å². The molecule has 0 aromatic heterocycles. The largest absolute Gasteiger partial charge is 0.444 e. The van der Waals surface area contributed by atoms with Crippen LogP contribution in [-0.4, -0.2) is 35.7 Å². The maximum Gasteiger partial charge on any atom is 0.408 e. The van der Waals surface area contributed by atoms with Crippen molar-refractivity contribution in [1.82, 2.24) is 5.32 Å². The van der Waals surface area contributed by atoms with E-state index in [-0.39, 0.29) is 12.4 Å². The molecule has 17 heavy (non-hydrogen) atoms. The zero-order chi connectivity index (χ0) is 12.7. The van der Waals surface area contributed by atoms with Gasteiger partial charge in [0, 0.05) is 0 Å². The molecule has 1 heterocycles. The first kappa shape index (κ1) is 12.4. The zero-order valence-electron chi connectivity index (χ0n) is 10.5. The summed E-state index contributed by atoms with van der Waals surface area (Å²) in [5.41, 5.74) is -1.15. The van der Waals surface area contributed by atoms with Crippen LogP contribution in [0.1, 0.15) is 40.0 Å². The second kappa shape index (κ2) is 3.98. The number of amides is 1. The van der Waals surface area contributed by atoms with Gasteiger partial charge in [0.15, 0.2) is 5.78 Å². The van der Waals surface area contributed by atoms with Crippen molar-refractivity contribution in [3.8, 4) is 0 Å². The molecule has 0 bridgehead atoms. The van der Waals surface area contributed by atoms with Crippen LogP contribution in [0.15, 0.2) is 0 Å². The smallest absolute Gasteiger partial charge is 0.408 e. The van der Waals surface area contributed by atoms with Crippen LogP contribution in [0.2, 0.25) is 0 Å². The molecule has 1 aliphatic heterocycles. The summed E-state index contributed by atoms with van der Waals surface area (Å²) >= 11 is 0. The third-order valence-corrected chi connectivity index (χ3v) is 3.14. The number of carbonyl (C=O) groups is 2. The molecular formula is C12H19NO4. The summed E-state index contributed by atoms with van der Waals surface area (Å²) in [4.78, 5) is 23.6. The average molecular weight is 241 g/mol. The Bertz CT molecular complexity index is 341. The molecule has 96 valence electrons. The minimum Gasteiger partial charge on any atom is -0.444 e. The number of rotatable bonds is 1. The maximum atomic E-state index is 12.0. The number of ether oxygens (including phenoxy) is 2. The van der Waals surface area contributed by atoms with Crippen LogP contribution in [-0.2, 0) is 14.3 Å². The summed E-state index contributed by atoms with van der Waals surface area (Å²) in [5, 5.41) is 2.57. The molecule has 0 aromatic carbocycles. The minimum absolute atomic E-state index is 0.00499. The zero-order valence-corrected chi connectivity index (χ0v) is 10.5. The third kappa shape index (κ3) is 2.44. The highest BCUT2D eigenvalue weighted by Gasteiger charge is 2.53. The lowest BCUT2D eigenvalue weighted by Crippen LogP contribution is -2.50. The fraction of sp³-hybridized carbons (Fsp3) is 0.833. The summed E-state index contributed by atoms with van der Waals surface area (Å²) in [6.45, 7) is 5.62. The number of alkyl carbamates (subject to hydrolysis) is 1. The first-order chi connectivity index (χ1) is 7.82. The van der Waals surface area contributed by atoms with E-state index in [4.69, 9.17) is 9.47 Å². The Balaban J connectivity index is 1.88. The van der Waals surface area contributed by atoms with Crippen molar-refractivity contribution >= 4 is 11.9 Å². The molecule has 1 aliphatic carbocycles. The van der Waals surface area contributed by atoms with Gasteiger partial charge in [0.2, 0.25) is 0 Å². The van der Waals surface area contributed by atoms with E-state index < -0.39 is 23.3 Å². The van der Waals surface area contributed by atoms with E-state index >= 15 is 0 Å². The first-order valence-corrected chi connectivity index (χ1v) is 6.00. The van der Waals surface area contributed by atoms with Gasteiger partial charge in [-0.1, -0.05) is 0 Å². The van der Waals surface area contributed by atoms with E-state index in [1.807, 2.05) is 0 Å². The molecule has 1 unspecified atom stereocenters. The summed E-state index contributed by atoms with van der Waals surface area (Å²) in [6, 6.07) is -0.551. The highest BCUT2D eigenvalue weighted by Crippen LogP contribution is 2.40. The quantitative estimate of drug-likeness (QED) is 0.753. The predicted molar refractivity (Wildman–Crippen MR) is 60.7 cm³/mol. The number of ketones is 1. The van der Waals surface area contributed by atoms with Crippen molar-refractivity contribution in [2.24, 2.45) is 0 Å². The van der Waals surface area contributed by atoms with Crippen molar-refractivity contribution in [1.29, 1.82) is 0 Å². The lowest BCUT2D eigenvalue weighted by molar-refractivity contribution is -0.140. The van der Waals surface area contributed by atoms with Crippen molar-refractivity contribution in [2.75, 3.05) is 6.61 Å². The van der Waals surface area contributed by atoms with Gasteiger partial charge in [0.25, 0.3) is 0 Å². The van der Waals surface area contributed by atoms with Gasteiger partial charge in [-0.05, 0) is 40.0 Å². The van der Waals surface area contributed by atoms with E-state index in [9.17, 15) is 9.59 Å². The molecule has 1 N–H and O–H groups in total. The van der Waals surface area contributed by atoms with Crippen LogP contribution in [0, 0.1) is 0 Å². The molecule has 1 spiro atoms. The first-order valence-electron chi connectivity index (χ1n) is 6.00. The fourth-order valence-corrected chi connectivity index (χ4v) is 2.15. The summed E-state index contributed by atoms with van der Waals surface area (Å²) < 4.78 is 10.6. The molecule has 2 fully saturated rings. The number of hydrogen-bond acceptors (Lipinski definition) is 4. The molecule has 1 amide bonds. The lowest BCUT2D eigenvalue weighted by atomic mass is 9.76. The van der Waals surface area contributed by atoms with E-state index in [0.717, 1.165) is 19.3 Å². The SMILES string of the molecule is CC(C)(C)OC(=O)NC1COC2(CCC2)C1=O. The fourth-order valence-electron chi connectivity index (χ4n) is 2.15. The number of carbonyl (C=O) groups excluding carboxylic acids is 2. The van der Waals surface area contributed by atoms with E-state index in [1.54, 1.807) is 20.8 Å². The Morgan fingerprint density at radius 2 is 2.12 bits per heavy atom. The molecule has 1 saturated carbocycles. The molecule has 0 aromatic rings. The van der Waals surface area contributed by atoms with Crippen LogP contribution in [0.5, 0.6) is 0 Å². The normalized spacial score (nSPS) is 26.8. The van der Waals surface area contributed by atoms with Gasteiger partial charge in [-0.15, -0.1) is 0 Å². The summed E-state index contributed by atoms with van der Waals surface area (Å²) in [5.74, 6) is -0.00499. The highest BCUT2D eigenvalue weighted by molar-refractivity contribution is 5.96. The number of hydrogen-bond donors (Lipinski definition) is 1.